The second-order valence-corrected chi connectivity index (χ2v) is 10.7. The fourth-order valence-electron chi connectivity index (χ4n) is 2.69. The van der Waals surface area contributed by atoms with E-state index in [-0.39, 0.29) is 27.0 Å². The van der Waals surface area contributed by atoms with Crippen molar-refractivity contribution in [2.75, 3.05) is 5.32 Å². The van der Waals surface area contributed by atoms with Crippen LogP contribution in [0.15, 0.2) is 36.5 Å². The van der Waals surface area contributed by atoms with E-state index in [0.717, 1.165) is 3.57 Å². The molecule has 0 radical (unpaired) electrons. The molecule has 138 valence electrons. The Morgan fingerprint density at radius 2 is 2.15 bits per heavy atom. The van der Waals surface area contributed by atoms with E-state index in [2.05, 4.69) is 24.1 Å². The number of hydrogen-bond donors (Lipinski definition) is 1. The summed E-state index contributed by atoms with van der Waals surface area (Å²) in [5.74, 6) is -0.394. The van der Waals surface area contributed by atoms with Crippen LogP contribution in [0.25, 0.3) is 11.0 Å². The van der Waals surface area contributed by atoms with Crippen molar-refractivity contribution >= 4 is 51.5 Å². The number of halogens is 3. The fourth-order valence-corrected chi connectivity index (χ4v) is 5.19. The van der Waals surface area contributed by atoms with Gasteiger partial charge in [0, 0.05) is 0 Å². The zero-order chi connectivity index (χ0) is 18.8. The van der Waals surface area contributed by atoms with Crippen molar-refractivity contribution in [2.24, 2.45) is 7.05 Å². The van der Waals surface area contributed by atoms with Crippen LogP contribution in [0.4, 0.5) is 15.9 Å². The molecular weight excluding hydrogens is 563 g/mol. The van der Waals surface area contributed by atoms with Gasteiger partial charge >= 0.3 is 176 Å². The van der Waals surface area contributed by atoms with Gasteiger partial charge in [-0.1, -0.05) is 0 Å². The molecule has 0 saturated carbocycles. The van der Waals surface area contributed by atoms with Crippen LogP contribution in [0, 0.1) is 9.39 Å². The number of aryl methyl sites for hydroxylation is 1. The average Bonchev–Trinajstić information content (AvgIpc) is 2.89. The molecular formula is C18H17FI2N3O2-. The number of pyridine rings is 1. The molecule has 0 atom stereocenters. The number of carbonyl (C=O) groups excluding carboxylic acids is 1. The van der Waals surface area contributed by atoms with Crippen LogP contribution < -0.4 is 26.5 Å². The monoisotopic (exact) mass is 580 g/mol. The predicted octanol–water partition coefficient (Wildman–Crippen LogP) is 1.63. The Morgan fingerprint density at radius 1 is 1.38 bits per heavy atom. The summed E-state index contributed by atoms with van der Waals surface area (Å²) in [4.78, 5) is 16.6. The Morgan fingerprint density at radius 3 is 2.81 bits per heavy atom. The number of alkyl halides is 1. The zero-order valence-corrected chi connectivity index (χ0v) is 18.7. The molecule has 0 aliphatic rings. The molecule has 2 heterocycles. The van der Waals surface area contributed by atoms with Gasteiger partial charge in [0.1, 0.15) is 0 Å². The Labute approximate surface area is 175 Å². The van der Waals surface area contributed by atoms with Crippen molar-refractivity contribution in [1.29, 1.82) is 0 Å². The number of rotatable bonds is 5. The van der Waals surface area contributed by atoms with E-state index >= 15 is 0 Å². The third-order valence-electron chi connectivity index (χ3n) is 3.75. The standard InChI is InChI=1S/C18H17FI2N3O2/c1-10(2)21-11-6-7-14(13(19)9-11)23-17-15(18(25)26-20)12-5-4-8-22-16(12)24(17)3/h4-10,23H,1-3H3/q-1. The third kappa shape index (κ3) is 3.80. The third-order valence-corrected chi connectivity index (χ3v) is 6.78. The van der Waals surface area contributed by atoms with Crippen molar-refractivity contribution in [3.05, 3.63) is 51.5 Å². The minimum atomic E-state index is -0.505. The van der Waals surface area contributed by atoms with Crippen LogP contribution in [0.1, 0.15) is 24.2 Å². The quantitative estimate of drug-likeness (QED) is 0.369. The summed E-state index contributed by atoms with van der Waals surface area (Å²) >= 11 is 1.33. The summed E-state index contributed by atoms with van der Waals surface area (Å²) in [6, 6.07) is 8.78. The van der Waals surface area contributed by atoms with Gasteiger partial charge in [0.05, 0.1) is 0 Å². The molecule has 0 bridgehead atoms. The number of carbonyl (C=O) groups is 1. The number of nitrogens with one attached hydrogen (secondary N) is 1. The molecule has 26 heavy (non-hydrogen) atoms. The Balaban J connectivity index is 2.06. The zero-order valence-electron chi connectivity index (χ0n) is 14.4. The van der Waals surface area contributed by atoms with Crippen LogP contribution >= 0.6 is 23.0 Å². The number of fused-ring (bicyclic) bond motifs is 1. The summed E-state index contributed by atoms with van der Waals surface area (Å²) < 4.78 is 22.8. The minimum absolute atomic E-state index is 0.224. The number of hydrogen-bond acceptors (Lipinski definition) is 4. The molecule has 0 aliphatic heterocycles. The van der Waals surface area contributed by atoms with Crippen molar-refractivity contribution in [2.45, 2.75) is 17.8 Å². The van der Waals surface area contributed by atoms with Gasteiger partial charge in [-0.25, -0.2) is 0 Å². The normalized spacial score (nSPS) is 11.3. The van der Waals surface area contributed by atoms with Gasteiger partial charge in [-0.05, 0) is 0 Å². The van der Waals surface area contributed by atoms with E-state index in [1.54, 1.807) is 65.1 Å². The van der Waals surface area contributed by atoms with Crippen LogP contribution in [-0.2, 0) is 10.1 Å². The maximum absolute atomic E-state index is 14.6. The van der Waals surface area contributed by atoms with Gasteiger partial charge < -0.3 is 0 Å². The Hall–Kier alpha value is -1.43. The van der Waals surface area contributed by atoms with E-state index in [1.165, 1.54) is 0 Å². The number of anilines is 2. The maximum atomic E-state index is 14.6. The summed E-state index contributed by atoms with van der Waals surface area (Å²) in [5, 5.41) is 3.70. The first-order valence-electron chi connectivity index (χ1n) is 7.88. The number of benzene rings is 1. The van der Waals surface area contributed by atoms with E-state index < -0.39 is 5.97 Å². The van der Waals surface area contributed by atoms with Crippen LogP contribution in [-0.4, -0.2) is 19.4 Å². The van der Waals surface area contributed by atoms with E-state index in [4.69, 9.17) is 3.07 Å². The van der Waals surface area contributed by atoms with Gasteiger partial charge in [-0.2, -0.15) is 0 Å². The summed E-state index contributed by atoms with van der Waals surface area (Å²) in [7, 11) is 1.78. The van der Waals surface area contributed by atoms with Crippen LogP contribution in [0.2, 0.25) is 0 Å². The molecule has 8 heteroatoms. The second kappa shape index (κ2) is 8.07. The number of aromatic nitrogens is 2. The first kappa shape index (κ1) is 19.3. The van der Waals surface area contributed by atoms with Crippen molar-refractivity contribution in [1.82, 2.24) is 9.55 Å². The van der Waals surface area contributed by atoms with E-state index in [1.807, 2.05) is 6.07 Å². The molecule has 0 unspecified atom stereocenters. The molecule has 0 saturated heterocycles. The Kier molecular flexibility index (Phi) is 6.00. The SMILES string of the molecule is CC(C)[I-]c1ccc(Nc2c(C(=O)OI)c3cccnc3n2C)c(F)c1. The van der Waals surface area contributed by atoms with Gasteiger partial charge in [0.2, 0.25) is 0 Å². The molecule has 0 spiro atoms. The van der Waals surface area contributed by atoms with Gasteiger partial charge in [0.25, 0.3) is 0 Å². The molecule has 1 N–H and O–H groups in total. The summed E-state index contributed by atoms with van der Waals surface area (Å²) in [5.41, 5.74) is 1.27. The second-order valence-electron chi connectivity index (χ2n) is 5.89. The first-order valence-corrected chi connectivity index (χ1v) is 11.1. The number of nitrogens with zero attached hydrogens (tertiary/aromatic N) is 2. The summed E-state index contributed by atoms with van der Waals surface area (Å²) in [6.45, 7) is 4.28. The van der Waals surface area contributed by atoms with Gasteiger partial charge in [-0.3, -0.25) is 0 Å². The van der Waals surface area contributed by atoms with Crippen molar-refractivity contribution in [3.8, 4) is 0 Å². The molecule has 0 aliphatic carbocycles. The molecule has 0 fully saturated rings. The molecule has 1 aromatic carbocycles. The first-order chi connectivity index (χ1) is 12.4. The van der Waals surface area contributed by atoms with Gasteiger partial charge in [0.15, 0.2) is 0 Å². The van der Waals surface area contributed by atoms with Gasteiger partial charge in [-0.15, -0.1) is 0 Å². The fraction of sp³-hybridized carbons (Fsp3) is 0.222. The van der Waals surface area contributed by atoms with Crippen LogP contribution in [0.5, 0.6) is 0 Å². The topological polar surface area (TPSA) is 56.1 Å². The van der Waals surface area contributed by atoms with Crippen molar-refractivity contribution in [3.63, 3.8) is 0 Å². The Bertz CT molecular complexity index is 972. The summed E-state index contributed by atoms with van der Waals surface area (Å²) in [6.07, 6.45) is 1.65. The van der Waals surface area contributed by atoms with Crippen molar-refractivity contribution < 1.29 is 33.5 Å². The van der Waals surface area contributed by atoms with Crippen LogP contribution in [0.3, 0.4) is 0 Å². The van der Waals surface area contributed by atoms with E-state index in [0.29, 0.717) is 32.0 Å². The molecule has 3 aromatic rings. The molecule has 3 rings (SSSR count). The molecule has 5 nitrogen and oxygen atoms in total. The average molecular weight is 580 g/mol. The molecule has 0 amide bonds. The molecule has 2 aromatic heterocycles. The predicted molar refractivity (Wildman–Crippen MR) is 104 cm³/mol. The van der Waals surface area contributed by atoms with E-state index in [9.17, 15) is 9.18 Å².